The van der Waals surface area contributed by atoms with Crippen LogP contribution < -0.4 is 5.32 Å². The summed E-state index contributed by atoms with van der Waals surface area (Å²) in [5, 5.41) is 5.64. The lowest BCUT2D eigenvalue weighted by Gasteiger charge is -2.26. The molecule has 4 aromatic rings. The number of aromatic nitrogens is 1. The highest BCUT2D eigenvalue weighted by atomic mass is 32.1. The third-order valence-corrected chi connectivity index (χ3v) is 7.86. The predicted molar refractivity (Wildman–Crippen MR) is 133 cm³/mol. The van der Waals surface area contributed by atoms with Crippen LogP contribution in [0.2, 0.25) is 0 Å². The van der Waals surface area contributed by atoms with Crippen molar-refractivity contribution in [3.63, 3.8) is 0 Å². The number of pyridine rings is 1. The van der Waals surface area contributed by atoms with Crippen molar-refractivity contribution in [1.82, 2.24) is 14.6 Å². The van der Waals surface area contributed by atoms with Crippen molar-refractivity contribution in [1.29, 1.82) is 0 Å². The lowest BCUT2D eigenvalue weighted by atomic mass is 9.83. The van der Waals surface area contributed by atoms with E-state index >= 15 is 0 Å². The van der Waals surface area contributed by atoms with Gasteiger partial charge in [-0.25, -0.2) is 0 Å². The van der Waals surface area contributed by atoms with E-state index in [2.05, 4.69) is 47.0 Å². The van der Waals surface area contributed by atoms with Crippen LogP contribution in [0, 0.1) is 5.92 Å². The molecule has 0 spiro atoms. The maximum atomic E-state index is 13.3. The summed E-state index contributed by atoms with van der Waals surface area (Å²) in [7, 11) is 4.22. The van der Waals surface area contributed by atoms with E-state index in [0.29, 0.717) is 17.1 Å². The molecule has 6 rings (SSSR count). The number of rotatable bonds is 4. The highest BCUT2D eigenvalue weighted by Gasteiger charge is 2.38. The Morgan fingerprint density at radius 2 is 1.85 bits per heavy atom. The smallest absolute Gasteiger partial charge is 0.259 e. The maximum absolute atomic E-state index is 13.3. The Hall–Kier alpha value is -3.22. The average molecular weight is 456 g/mol. The molecule has 0 saturated carbocycles. The van der Waals surface area contributed by atoms with E-state index in [-0.39, 0.29) is 11.8 Å². The summed E-state index contributed by atoms with van der Waals surface area (Å²) in [5.41, 5.74) is 6.30. The Balaban J connectivity index is 1.64. The van der Waals surface area contributed by atoms with Gasteiger partial charge in [-0.15, -0.1) is 11.3 Å². The molecule has 1 unspecified atom stereocenters. The molecule has 1 aromatic carbocycles. The molecular weight excluding hydrogens is 430 g/mol. The second-order valence-corrected chi connectivity index (χ2v) is 10.2. The van der Waals surface area contributed by atoms with Gasteiger partial charge in [0.05, 0.1) is 16.7 Å². The van der Waals surface area contributed by atoms with Gasteiger partial charge >= 0.3 is 0 Å². The molecule has 4 heterocycles. The van der Waals surface area contributed by atoms with E-state index in [1.54, 1.807) is 11.3 Å². The molecule has 3 aromatic heterocycles. The Kier molecular flexibility index (Phi) is 4.75. The summed E-state index contributed by atoms with van der Waals surface area (Å²) in [6.07, 6.45) is 5.09. The summed E-state index contributed by atoms with van der Waals surface area (Å²) in [4.78, 5) is 28.7. The number of fused-ring (bicyclic) bond motifs is 4. The van der Waals surface area contributed by atoms with E-state index < -0.39 is 0 Å². The van der Waals surface area contributed by atoms with Crippen LogP contribution in [0.25, 0.3) is 26.7 Å². The molecule has 0 bridgehead atoms. The summed E-state index contributed by atoms with van der Waals surface area (Å²) in [6, 6.07) is 14.2. The molecule has 2 aliphatic rings. The molecule has 1 aliphatic heterocycles. The minimum atomic E-state index is -0.303. The highest BCUT2D eigenvalue weighted by Crippen LogP contribution is 2.43. The number of hydrogen-bond acceptors (Lipinski definition) is 4. The Bertz CT molecular complexity index is 1470. The number of carbonyl (C=O) groups is 2. The minimum absolute atomic E-state index is 0.292. The third kappa shape index (κ3) is 3.16. The van der Waals surface area contributed by atoms with Crippen molar-refractivity contribution in [2.24, 2.45) is 5.92 Å². The quantitative estimate of drug-likeness (QED) is 0.465. The Labute approximate surface area is 196 Å². The Morgan fingerprint density at radius 3 is 2.70 bits per heavy atom. The first-order valence-corrected chi connectivity index (χ1v) is 12.2. The van der Waals surface area contributed by atoms with E-state index in [1.807, 2.05) is 35.7 Å². The molecule has 0 radical (unpaired) electrons. The number of benzene rings is 1. The fourth-order valence-electron chi connectivity index (χ4n) is 5.62. The highest BCUT2D eigenvalue weighted by molar-refractivity contribution is 7.17. The molecule has 33 heavy (non-hydrogen) atoms. The van der Waals surface area contributed by atoms with Crippen molar-refractivity contribution >= 4 is 49.9 Å². The number of thiophene rings is 1. The van der Waals surface area contributed by atoms with Crippen LogP contribution in [-0.2, 0) is 22.4 Å². The summed E-state index contributed by atoms with van der Waals surface area (Å²) >= 11 is 1.61. The number of imide groups is 1. The van der Waals surface area contributed by atoms with Crippen molar-refractivity contribution in [2.75, 3.05) is 20.6 Å². The van der Waals surface area contributed by atoms with Gasteiger partial charge < -0.3 is 9.30 Å². The van der Waals surface area contributed by atoms with Crippen LogP contribution in [0.5, 0.6) is 0 Å². The Morgan fingerprint density at radius 1 is 1.06 bits per heavy atom. The van der Waals surface area contributed by atoms with Gasteiger partial charge in [-0.2, -0.15) is 0 Å². The summed E-state index contributed by atoms with van der Waals surface area (Å²) < 4.78 is 3.34. The maximum Gasteiger partial charge on any atom is 0.259 e. The number of hydrogen-bond donors (Lipinski definition) is 1. The van der Waals surface area contributed by atoms with Crippen LogP contribution >= 0.6 is 11.3 Å². The molecule has 1 aliphatic carbocycles. The lowest BCUT2D eigenvalue weighted by molar-refractivity contribution is -0.122. The first-order valence-electron chi connectivity index (χ1n) is 11.4. The van der Waals surface area contributed by atoms with Crippen molar-refractivity contribution in [3.05, 3.63) is 76.4 Å². The normalized spacial score (nSPS) is 18.6. The van der Waals surface area contributed by atoms with E-state index in [9.17, 15) is 9.59 Å². The largest absolute Gasteiger partial charge is 0.320 e. The summed E-state index contributed by atoms with van der Waals surface area (Å²) in [5.74, 6) is -0.0720. The topological polar surface area (TPSA) is 53.8 Å². The lowest BCUT2D eigenvalue weighted by Crippen LogP contribution is -2.27. The molecule has 2 amide bonds. The number of nitrogens with zero attached hydrogens (tertiary/aromatic N) is 2. The number of nitrogens with one attached hydrogen (secondary N) is 1. The zero-order valence-corrected chi connectivity index (χ0v) is 19.5. The van der Waals surface area contributed by atoms with Gasteiger partial charge in [0.15, 0.2) is 0 Å². The molecule has 166 valence electrons. The first-order chi connectivity index (χ1) is 16.0. The average Bonchev–Trinajstić information content (AvgIpc) is 3.44. The van der Waals surface area contributed by atoms with Crippen molar-refractivity contribution in [2.45, 2.75) is 19.3 Å². The number of amides is 2. The third-order valence-electron chi connectivity index (χ3n) is 6.89. The van der Waals surface area contributed by atoms with Gasteiger partial charge in [0, 0.05) is 45.0 Å². The van der Waals surface area contributed by atoms with Gasteiger partial charge in [0.1, 0.15) is 0 Å². The van der Waals surface area contributed by atoms with E-state index in [0.717, 1.165) is 52.5 Å². The number of aryl methyl sites for hydroxylation is 1. The van der Waals surface area contributed by atoms with E-state index in [4.69, 9.17) is 0 Å². The van der Waals surface area contributed by atoms with Gasteiger partial charge in [0.25, 0.3) is 11.8 Å². The van der Waals surface area contributed by atoms with Gasteiger partial charge in [0.2, 0.25) is 0 Å². The van der Waals surface area contributed by atoms with Gasteiger partial charge in [-0.05, 0) is 63.0 Å². The first kappa shape index (κ1) is 20.4. The van der Waals surface area contributed by atoms with Crippen molar-refractivity contribution < 1.29 is 9.59 Å². The van der Waals surface area contributed by atoms with Crippen molar-refractivity contribution in [3.8, 4) is 0 Å². The van der Waals surface area contributed by atoms with Crippen LogP contribution in [0.15, 0.2) is 54.0 Å². The molecule has 0 saturated heterocycles. The zero-order chi connectivity index (χ0) is 22.7. The zero-order valence-electron chi connectivity index (χ0n) is 18.7. The second-order valence-electron chi connectivity index (χ2n) is 9.31. The molecule has 6 heteroatoms. The van der Waals surface area contributed by atoms with Crippen LogP contribution in [0.3, 0.4) is 0 Å². The summed E-state index contributed by atoms with van der Waals surface area (Å²) in [6.45, 7) is 1.01. The minimum Gasteiger partial charge on any atom is -0.320 e. The second kappa shape index (κ2) is 7.68. The molecule has 1 atom stereocenters. The van der Waals surface area contributed by atoms with Gasteiger partial charge in [-0.1, -0.05) is 24.3 Å². The van der Waals surface area contributed by atoms with E-state index in [1.165, 1.54) is 11.3 Å². The molecular formula is C27H25N3O2S. The fourth-order valence-corrected chi connectivity index (χ4v) is 6.57. The van der Waals surface area contributed by atoms with Crippen LogP contribution in [0.4, 0.5) is 0 Å². The molecule has 0 fully saturated rings. The predicted octanol–water partition coefficient (Wildman–Crippen LogP) is 4.39. The molecule has 1 N–H and O–H groups in total. The van der Waals surface area contributed by atoms with Crippen LogP contribution in [0.1, 0.15) is 28.8 Å². The fraction of sp³-hybridized carbons (Fsp3) is 0.259. The standard InChI is InChI=1S/C27H25N3O2S/c1-29(2)14-16-10-11-20-18(13-16)23(21-8-5-6-12-30(20)21)25-24(26(31)28-27(25)32)19-15-33-22-9-4-3-7-17(19)22/h3-9,12,15-16H,10-11,13-14H2,1-2H3,(H,28,31,32). The van der Waals surface area contributed by atoms with Gasteiger partial charge in [-0.3, -0.25) is 14.9 Å². The molecule has 5 nitrogen and oxygen atoms in total. The van der Waals surface area contributed by atoms with Crippen LogP contribution in [-0.4, -0.2) is 41.8 Å². The SMILES string of the molecule is CN(C)CC1CCc2c(c(C3=C(c4csc5ccccc45)C(=O)NC3=O)c3ccccn23)C1. The monoisotopic (exact) mass is 455 g/mol. The number of carbonyl (C=O) groups excluding carboxylic acids is 2.